The smallest absolute Gasteiger partial charge is 0.322 e. The molecule has 1 heterocycles. The zero-order valence-corrected chi connectivity index (χ0v) is 19.3. The molecular weight excluding hydrogens is 470 g/mol. The van der Waals surface area contributed by atoms with E-state index in [9.17, 15) is 18.3 Å². The van der Waals surface area contributed by atoms with E-state index in [2.05, 4.69) is 20.1 Å². The summed E-state index contributed by atoms with van der Waals surface area (Å²) in [6.45, 7) is 0.0658. The van der Waals surface area contributed by atoms with Gasteiger partial charge in [0.25, 0.3) is 0 Å². The van der Waals surface area contributed by atoms with Gasteiger partial charge in [-0.2, -0.15) is 4.72 Å². The average molecular weight is 494 g/mol. The van der Waals surface area contributed by atoms with Gasteiger partial charge in [0.05, 0.1) is 10.6 Å². The molecule has 4 rings (SSSR count). The number of carbonyl (C=O) groups is 1. The van der Waals surface area contributed by atoms with Crippen molar-refractivity contribution in [2.24, 2.45) is 0 Å². The van der Waals surface area contributed by atoms with Gasteiger partial charge in [0.2, 0.25) is 15.8 Å². The Hall–Kier alpha value is -3.93. The molecule has 0 aliphatic heterocycles. The van der Waals surface area contributed by atoms with Crippen molar-refractivity contribution in [1.82, 2.24) is 24.9 Å². The molecule has 4 aromatic rings. The van der Waals surface area contributed by atoms with Gasteiger partial charge in [0.15, 0.2) is 0 Å². The molecule has 11 heteroatoms. The summed E-state index contributed by atoms with van der Waals surface area (Å²) >= 11 is 0. The molecule has 0 saturated heterocycles. The number of hydrogen-bond donors (Lipinski definition) is 3. The topological polar surface area (TPSA) is 147 Å². The molecule has 0 radical (unpaired) electrons. The molecule has 0 aliphatic carbocycles. The third-order valence-electron chi connectivity index (χ3n) is 5.28. The van der Waals surface area contributed by atoms with Crippen LogP contribution >= 0.6 is 0 Å². The summed E-state index contributed by atoms with van der Waals surface area (Å²) in [7, 11) is -4.08. The molecule has 180 valence electrons. The van der Waals surface area contributed by atoms with Crippen molar-refractivity contribution < 1.29 is 23.4 Å². The van der Waals surface area contributed by atoms with E-state index in [1.54, 1.807) is 30.3 Å². The normalized spacial score (nSPS) is 12.4. The molecule has 0 saturated carbocycles. The van der Waals surface area contributed by atoms with Gasteiger partial charge in [0.1, 0.15) is 6.04 Å². The standard InChI is InChI=1S/C24H23N5O5S/c30-15-14-17-6-10-20(11-7-17)29-26-23(25-28-29)19-8-12-21(13-9-19)35(33,34)27-22(24(31)32)16-18-4-2-1-3-5-18/h1-13,22,27,30H,14-16H2,(H,31,32). The summed E-state index contributed by atoms with van der Waals surface area (Å²) in [5.74, 6) is -0.965. The van der Waals surface area contributed by atoms with Crippen LogP contribution in [-0.2, 0) is 27.7 Å². The lowest BCUT2D eigenvalue weighted by Gasteiger charge is -2.15. The van der Waals surface area contributed by atoms with Crippen LogP contribution in [0.15, 0.2) is 83.8 Å². The highest BCUT2D eigenvalue weighted by Crippen LogP contribution is 2.19. The summed E-state index contributed by atoms with van der Waals surface area (Å²) in [5.41, 5.74) is 2.92. The van der Waals surface area contributed by atoms with Crippen molar-refractivity contribution in [2.75, 3.05) is 6.61 Å². The van der Waals surface area contributed by atoms with Gasteiger partial charge in [-0.3, -0.25) is 4.79 Å². The molecule has 35 heavy (non-hydrogen) atoms. The van der Waals surface area contributed by atoms with Gasteiger partial charge in [-0.1, -0.05) is 42.5 Å². The number of benzene rings is 3. The van der Waals surface area contributed by atoms with Crippen LogP contribution in [0, 0.1) is 0 Å². The maximum atomic E-state index is 12.8. The summed E-state index contributed by atoms with van der Waals surface area (Å²) in [6, 6.07) is 20.6. The Kier molecular flexibility index (Phi) is 7.30. The number of rotatable bonds is 10. The summed E-state index contributed by atoms with van der Waals surface area (Å²) in [5, 5.41) is 30.9. The second-order valence-corrected chi connectivity index (χ2v) is 9.48. The van der Waals surface area contributed by atoms with Crippen LogP contribution < -0.4 is 4.72 Å². The Bertz CT molecular complexity index is 1390. The number of hydrogen-bond acceptors (Lipinski definition) is 7. The first-order valence-electron chi connectivity index (χ1n) is 10.8. The Labute approximate surface area is 201 Å². The molecule has 0 spiro atoms. The maximum Gasteiger partial charge on any atom is 0.322 e. The lowest BCUT2D eigenvalue weighted by molar-refractivity contribution is -0.138. The van der Waals surface area contributed by atoms with Crippen LogP contribution in [0.25, 0.3) is 17.1 Å². The number of tetrazole rings is 1. The Morgan fingerprint density at radius 1 is 0.943 bits per heavy atom. The van der Waals surface area contributed by atoms with E-state index in [-0.39, 0.29) is 17.9 Å². The second kappa shape index (κ2) is 10.6. The van der Waals surface area contributed by atoms with E-state index in [0.717, 1.165) is 5.56 Å². The number of aliphatic hydroxyl groups excluding tert-OH is 1. The largest absolute Gasteiger partial charge is 0.480 e. The van der Waals surface area contributed by atoms with Crippen LogP contribution in [-0.4, -0.2) is 57.5 Å². The zero-order valence-electron chi connectivity index (χ0n) is 18.5. The highest BCUT2D eigenvalue weighted by molar-refractivity contribution is 7.89. The van der Waals surface area contributed by atoms with E-state index in [4.69, 9.17) is 5.11 Å². The van der Waals surface area contributed by atoms with E-state index in [0.29, 0.717) is 29.1 Å². The van der Waals surface area contributed by atoms with Gasteiger partial charge in [0, 0.05) is 12.2 Å². The Morgan fingerprint density at radius 3 is 2.26 bits per heavy atom. The molecule has 0 bridgehead atoms. The minimum atomic E-state index is -4.08. The van der Waals surface area contributed by atoms with E-state index in [1.807, 2.05) is 24.3 Å². The predicted octanol–water partition coefficient (Wildman–Crippen LogP) is 1.84. The summed E-state index contributed by atoms with van der Waals surface area (Å²) in [4.78, 5) is 12.9. The van der Waals surface area contributed by atoms with E-state index < -0.39 is 22.0 Å². The molecule has 3 aromatic carbocycles. The van der Waals surface area contributed by atoms with Crippen molar-refractivity contribution in [3.63, 3.8) is 0 Å². The van der Waals surface area contributed by atoms with Crippen LogP contribution in [0.2, 0.25) is 0 Å². The number of sulfonamides is 1. The van der Waals surface area contributed by atoms with Crippen LogP contribution in [0.1, 0.15) is 11.1 Å². The van der Waals surface area contributed by atoms with Crippen LogP contribution in [0.3, 0.4) is 0 Å². The molecule has 0 fully saturated rings. The number of carboxylic acid groups (broad SMARTS) is 1. The summed E-state index contributed by atoms with van der Waals surface area (Å²) < 4.78 is 27.9. The molecule has 10 nitrogen and oxygen atoms in total. The van der Waals surface area contributed by atoms with Crippen molar-refractivity contribution in [1.29, 1.82) is 0 Å². The minimum absolute atomic E-state index is 0.0154. The first-order valence-corrected chi connectivity index (χ1v) is 12.2. The van der Waals surface area contributed by atoms with Crippen molar-refractivity contribution >= 4 is 16.0 Å². The van der Waals surface area contributed by atoms with Crippen LogP contribution in [0.5, 0.6) is 0 Å². The Morgan fingerprint density at radius 2 is 1.63 bits per heavy atom. The quantitative estimate of drug-likeness (QED) is 0.303. The monoisotopic (exact) mass is 493 g/mol. The van der Waals surface area contributed by atoms with Gasteiger partial charge >= 0.3 is 5.97 Å². The fourth-order valence-corrected chi connectivity index (χ4v) is 4.62. The molecule has 0 amide bonds. The SMILES string of the molecule is O=C(O)C(Cc1ccccc1)NS(=O)(=O)c1ccc(-c2nnn(-c3ccc(CCO)cc3)n2)cc1. The van der Waals surface area contributed by atoms with E-state index >= 15 is 0 Å². The maximum absolute atomic E-state index is 12.8. The summed E-state index contributed by atoms with van der Waals surface area (Å²) in [6.07, 6.45) is 0.571. The van der Waals surface area contributed by atoms with Crippen molar-refractivity contribution in [3.05, 3.63) is 90.0 Å². The number of carboxylic acids is 1. The average Bonchev–Trinajstić information content (AvgIpc) is 3.35. The first-order chi connectivity index (χ1) is 16.9. The zero-order chi connectivity index (χ0) is 24.8. The van der Waals surface area contributed by atoms with Gasteiger partial charge < -0.3 is 10.2 Å². The highest BCUT2D eigenvalue weighted by atomic mass is 32.2. The number of aliphatic hydroxyl groups is 1. The number of nitrogens with zero attached hydrogens (tertiary/aromatic N) is 4. The van der Waals surface area contributed by atoms with Gasteiger partial charge in [-0.25, -0.2) is 8.42 Å². The van der Waals surface area contributed by atoms with Crippen molar-refractivity contribution in [3.8, 4) is 17.1 Å². The Balaban J connectivity index is 1.48. The second-order valence-electron chi connectivity index (χ2n) is 7.77. The molecule has 1 unspecified atom stereocenters. The number of aromatic nitrogens is 4. The van der Waals surface area contributed by atoms with Crippen molar-refractivity contribution in [2.45, 2.75) is 23.8 Å². The molecule has 1 atom stereocenters. The molecule has 0 aliphatic rings. The van der Waals surface area contributed by atoms with Gasteiger partial charge in [-0.05, 0) is 65.6 Å². The first kappa shape index (κ1) is 24.2. The number of aliphatic carboxylic acids is 1. The fraction of sp³-hybridized carbons (Fsp3) is 0.167. The van der Waals surface area contributed by atoms with Gasteiger partial charge in [-0.15, -0.1) is 15.0 Å². The third-order valence-corrected chi connectivity index (χ3v) is 6.77. The highest BCUT2D eigenvalue weighted by Gasteiger charge is 2.26. The molecule has 1 aromatic heterocycles. The predicted molar refractivity (Wildman–Crippen MR) is 127 cm³/mol. The van der Waals surface area contributed by atoms with Crippen LogP contribution in [0.4, 0.5) is 0 Å². The molecular formula is C24H23N5O5S. The van der Waals surface area contributed by atoms with E-state index in [1.165, 1.54) is 29.1 Å². The third kappa shape index (κ3) is 5.96. The number of nitrogens with one attached hydrogen (secondary N) is 1. The lowest BCUT2D eigenvalue weighted by Crippen LogP contribution is -2.42. The molecule has 3 N–H and O–H groups in total. The fourth-order valence-electron chi connectivity index (χ4n) is 3.43. The lowest BCUT2D eigenvalue weighted by atomic mass is 10.1. The minimum Gasteiger partial charge on any atom is -0.480 e.